The van der Waals surface area contributed by atoms with Crippen LogP contribution in [0.5, 0.6) is 0 Å². The van der Waals surface area contributed by atoms with Gasteiger partial charge in [-0.2, -0.15) is 0 Å². The van der Waals surface area contributed by atoms with Gasteiger partial charge in [0, 0.05) is 25.8 Å². The summed E-state index contributed by atoms with van der Waals surface area (Å²) < 4.78 is 24.0. The third kappa shape index (κ3) is 38.5. The van der Waals surface area contributed by atoms with Gasteiger partial charge in [-0.05, 0) is 75.3 Å². The van der Waals surface area contributed by atoms with Gasteiger partial charge in [0.2, 0.25) is 0 Å². The Balaban J connectivity index is 0.00000124. The van der Waals surface area contributed by atoms with E-state index in [0.717, 1.165) is 127 Å². The number of esters is 2. The molecule has 2 aromatic rings. The standard InChI is InChI=1S/2C27H44O5.Ba/c2*1-3-4-5-8-15-20-26(32-23(2)28)25(31-22-24-17-12-11-13-18-24)19-14-9-6-7-10-16-21-27(29)30;/h2*11-13,17-18,25-26H,3-10,14-16,19-22H2,1-2H3,(H,29,30);/q;;+2/p-2. The molecule has 2 aromatic carbocycles. The fourth-order valence-corrected chi connectivity index (χ4v) is 7.92. The Morgan fingerprint density at radius 3 is 0.985 bits per heavy atom. The molecule has 0 saturated heterocycles. The third-order valence-corrected chi connectivity index (χ3v) is 11.5. The minimum atomic E-state index is -0.963. The molecule has 4 unspecified atom stereocenters. The molecule has 0 bridgehead atoms. The number of hydrogen-bond acceptors (Lipinski definition) is 10. The van der Waals surface area contributed by atoms with Crippen LogP contribution in [0.3, 0.4) is 0 Å². The van der Waals surface area contributed by atoms with E-state index in [2.05, 4.69) is 38.1 Å². The number of hydrogen-bond donors (Lipinski definition) is 0. The van der Waals surface area contributed by atoms with Gasteiger partial charge in [-0.25, -0.2) is 0 Å². The number of aliphatic carboxylic acids is 2. The van der Waals surface area contributed by atoms with Crippen LogP contribution < -0.4 is 10.2 Å². The molecule has 0 amide bonds. The van der Waals surface area contributed by atoms with E-state index in [1.807, 2.05) is 36.4 Å². The smallest absolute Gasteiger partial charge is 0.550 e. The molecule has 11 heteroatoms. The Kier molecular flexibility index (Phi) is 42.8. The van der Waals surface area contributed by atoms with Crippen molar-refractivity contribution in [3.63, 3.8) is 0 Å². The summed E-state index contributed by atoms with van der Waals surface area (Å²) in [6, 6.07) is 20.2. The van der Waals surface area contributed by atoms with E-state index in [-0.39, 0.29) is 98.1 Å². The van der Waals surface area contributed by atoms with Crippen molar-refractivity contribution in [2.45, 2.75) is 245 Å². The number of carbonyl (C=O) groups excluding carboxylic acids is 4. The summed E-state index contributed by atoms with van der Waals surface area (Å²) in [6.45, 7) is 8.40. The minimum Gasteiger partial charge on any atom is -0.550 e. The van der Waals surface area contributed by atoms with E-state index in [9.17, 15) is 29.4 Å². The number of ether oxygens (including phenoxy) is 4. The maximum absolute atomic E-state index is 11.8. The Morgan fingerprint density at radius 2 is 0.692 bits per heavy atom. The van der Waals surface area contributed by atoms with Crippen molar-refractivity contribution in [3.05, 3.63) is 71.8 Å². The first-order chi connectivity index (χ1) is 31.0. The van der Waals surface area contributed by atoms with Gasteiger partial charge in [0.1, 0.15) is 12.2 Å². The number of carboxylic acid groups (broad SMARTS) is 2. The van der Waals surface area contributed by atoms with Crippen LogP contribution in [-0.2, 0) is 51.3 Å². The van der Waals surface area contributed by atoms with Crippen molar-refractivity contribution in [1.82, 2.24) is 0 Å². The second-order valence-corrected chi connectivity index (χ2v) is 17.4. The predicted octanol–water partition coefficient (Wildman–Crippen LogP) is 11.1. The number of carbonyl (C=O) groups is 4. The van der Waals surface area contributed by atoms with Crippen LogP contribution in [-0.4, -0.2) is 97.2 Å². The maximum atomic E-state index is 11.8. The van der Waals surface area contributed by atoms with Crippen molar-refractivity contribution in [2.24, 2.45) is 0 Å². The molecular weight excluding hydrogens is 946 g/mol. The van der Waals surface area contributed by atoms with Gasteiger partial charge in [0.15, 0.2) is 0 Å². The maximum Gasteiger partial charge on any atom is 2.00 e. The van der Waals surface area contributed by atoms with E-state index in [1.54, 1.807) is 0 Å². The van der Waals surface area contributed by atoms with Crippen molar-refractivity contribution in [2.75, 3.05) is 0 Å². The summed E-state index contributed by atoms with van der Waals surface area (Å²) in [6.07, 6.45) is 26.4. The van der Waals surface area contributed by atoms with E-state index in [1.165, 1.54) is 52.4 Å². The third-order valence-electron chi connectivity index (χ3n) is 11.5. The Labute approximate surface area is 434 Å². The second-order valence-electron chi connectivity index (χ2n) is 17.4. The topological polar surface area (TPSA) is 151 Å². The Morgan fingerprint density at radius 1 is 0.415 bits per heavy atom. The van der Waals surface area contributed by atoms with Crippen LogP contribution in [0.4, 0.5) is 0 Å². The largest absolute Gasteiger partial charge is 2.00 e. The summed E-state index contributed by atoms with van der Waals surface area (Å²) in [5.41, 5.74) is 2.24. The van der Waals surface area contributed by atoms with Gasteiger partial charge < -0.3 is 38.7 Å². The first-order valence-corrected chi connectivity index (χ1v) is 25.1. The Hall–Kier alpha value is -2.19. The number of carboxylic acids is 2. The van der Waals surface area contributed by atoms with Gasteiger partial charge in [0.05, 0.1) is 25.4 Å². The number of rotatable bonds is 40. The molecule has 0 aliphatic rings. The monoisotopic (exact) mass is 1030 g/mol. The normalized spacial score (nSPS) is 12.7. The minimum absolute atomic E-state index is 0. The van der Waals surface area contributed by atoms with E-state index in [0.29, 0.717) is 26.1 Å². The average molecular weight is 1030 g/mol. The van der Waals surface area contributed by atoms with Crippen LogP contribution >= 0.6 is 0 Å². The first kappa shape index (κ1) is 62.8. The molecule has 0 aromatic heterocycles. The summed E-state index contributed by atoms with van der Waals surface area (Å²) in [7, 11) is 0. The fourth-order valence-electron chi connectivity index (χ4n) is 7.92. The van der Waals surface area contributed by atoms with Crippen LogP contribution in [0.2, 0.25) is 0 Å². The molecule has 0 saturated carbocycles. The molecule has 65 heavy (non-hydrogen) atoms. The van der Waals surface area contributed by atoms with Crippen LogP contribution in [0.1, 0.15) is 219 Å². The molecule has 364 valence electrons. The SMILES string of the molecule is CCCCCCCC(OC(C)=O)C(CCCCCCCCC(=O)[O-])OCc1ccccc1.CCCCCCCC(OC(C)=O)C(CCCCCCCCC(=O)[O-])OCc1ccccc1.[Ba+2]. The quantitative estimate of drug-likeness (QED) is 0.0358. The molecule has 0 fully saturated rings. The van der Waals surface area contributed by atoms with Gasteiger partial charge in [-0.1, -0.05) is 190 Å². The molecule has 0 N–H and O–H groups in total. The molecule has 2 rings (SSSR count). The van der Waals surface area contributed by atoms with Crippen molar-refractivity contribution in [1.29, 1.82) is 0 Å². The molecule has 0 heterocycles. The molecule has 4 atom stereocenters. The average Bonchev–Trinajstić information content (AvgIpc) is 3.27. The van der Waals surface area contributed by atoms with E-state index in [4.69, 9.17) is 18.9 Å². The zero-order valence-corrected chi connectivity index (χ0v) is 45.5. The summed E-state index contributed by atoms with van der Waals surface area (Å²) >= 11 is 0. The zero-order valence-electron chi connectivity index (χ0n) is 41.1. The molecule has 10 nitrogen and oxygen atoms in total. The van der Waals surface area contributed by atoms with Gasteiger partial charge in [-0.15, -0.1) is 0 Å². The van der Waals surface area contributed by atoms with Crippen molar-refractivity contribution < 1.29 is 48.3 Å². The van der Waals surface area contributed by atoms with Crippen molar-refractivity contribution in [3.8, 4) is 0 Å². The van der Waals surface area contributed by atoms with Crippen molar-refractivity contribution >= 4 is 72.8 Å². The predicted molar refractivity (Wildman–Crippen MR) is 258 cm³/mol. The van der Waals surface area contributed by atoms with Gasteiger partial charge in [0.25, 0.3) is 0 Å². The summed E-state index contributed by atoms with van der Waals surface area (Å²) in [4.78, 5) is 44.5. The first-order valence-electron chi connectivity index (χ1n) is 25.1. The summed E-state index contributed by atoms with van der Waals surface area (Å²) in [5, 5.41) is 21.0. The number of benzene rings is 2. The molecule has 0 radical (unpaired) electrons. The van der Waals surface area contributed by atoms with Gasteiger partial charge >= 0.3 is 60.8 Å². The Bertz CT molecular complexity index is 1320. The molecule has 0 spiro atoms. The second kappa shape index (κ2) is 44.3. The summed E-state index contributed by atoms with van der Waals surface area (Å²) in [5.74, 6) is -2.42. The van der Waals surface area contributed by atoms with Gasteiger partial charge in [-0.3, -0.25) is 9.59 Å². The van der Waals surface area contributed by atoms with Crippen LogP contribution in [0, 0.1) is 0 Å². The number of unbranched alkanes of at least 4 members (excludes halogenated alkanes) is 18. The van der Waals surface area contributed by atoms with Crippen LogP contribution in [0.25, 0.3) is 0 Å². The van der Waals surface area contributed by atoms with E-state index < -0.39 is 11.9 Å². The fraction of sp³-hybridized carbons (Fsp3) is 0.704. The molecule has 0 aliphatic carbocycles. The molecule has 0 aliphatic heterocycles. The zero-order chi connectivity index (χ0) is 46.9. The molecular formula is C54H86BaO10. The van der Waals surface area contributed by atoms with Crippen LogP contribution in [0.15, 0.2) is 60.7 Å². The van der Waals surface area contributed by atoms with E-state index >= 15 is 0 Å².